The first-order valence-corrected chi connectivity index (χ1v) is 6.55. The third kappa shape index (κ3) is 2.79. The van der Waals surface area contributed by atoms with E-state index in [0.717, 1.165) is 22.4 Å². The zero-order chi connectivity index (χ0) is 14.7. The standard InChI is InChI=1S/C16H19N3O/c1-5-15(20)17-12(4)16-18-13-8-6-7-9-14(13)19(16)10-11(2)3/h5-9,12H,1-2,10H2,3-4H3,(H,17,20). The van der Waals surface area contributed by atoms with E-state index in [0.29, 0.717) is 6.54 Å². The molecule has 20 heavy (non-hydrogen) atoms. The lowest BCUT2D eigenvalue weighted by Crippen LogP contribution is -2.27. The van der Waals surface area contributed by atoms with Gasteiger partial charge in [-0.3, -0.25) is 4.79 Å². The Morgan fingerprint density at radius 3 is 2.85 bits per heavy atom. The van der Waals surface area contributed by atoms with Crippen LogP contribution in [-0.4, -0.2) is 15.5 Å². The lowest BCUT2D eigenvalue weighted by Gasteiger charge is -2.15. The third-order valence-corrected chi connectivity index (χ3v) is 3.04. The highest BCUT2D eigenvalue weighted by molar-refractivity contribution is 5.87. The molecule has 0 spiro atoms. The summed E-state index contributed by atoms with van der Waals surface area (Å²) in [6, 6.07) is 7.74. The zero-order valence-corrected chi connectivity index (χ0v) is 11.9. The number of aromatic nitrogens is 2. The quantitative estimate of drug-likeness (QED) is 0.670. The minimum Gasteiger partial charge on any atom is -0.343 e. The number of hydrogen-bond acceptors (Lipinski definition) is 2. The van der Waals surface area contributed by atoms with E-state index in [1.165, 1.54) is 6.08 Å². The molecule has 0 aliphatic heterocycles. The summed E-state index contributed by atoms with van der Waals surface area (Å²) >= 11 is 0. The van der Waals surface area contributed by atoms with Gasteiger partial charge in [-0.05, 0) is 32.1 Å². The lowest BCUT2D eigenvalue weighted by atomic mass is 10.2. The van der Waals surface area contributed by atoms with Crippen LogP contribution in [0.4, 0.5) is 0 Å². The largest absolute Gasteiger partial charge is 0.343 e. The van der Waals surface area contributed by atoms with Crippen LogP contribution < -0.4 is 5.32 Å². The average molecular weight is 269 g/mol. The van der Waals surface area contributed by atoms with E-state index in [1.54, 1.807) is 0 Å². The van der Waals surface area contributed by atoms with Gasteiger partial charge >= 0.3 is 0 Å². The molecule has 0 saturated carbocycles. The Labute approximate surface area is 118 Å². The van der Waals surface area contributed by atoms with Crippen molar-refractivity contribution in [1.29, 1.82) is 0 Å². The summed E-state index contributed by atoms with van der Waals surface area (Å²) in [6.07, 6.45) is 1.27. The highest BCUT2D eigenvalue weighted by atomic mass is 16.1. The fraction of sp³-hybridized carbons (Fsp3) is 0.250. The molecule has 0 aliphatic carbocycles. The number of carbonyl (C=O) groups is 1. The maximum absolute atomic E-state index is 11.5. The van der Waals surface area contributed by atoms with Gasteiger partial charge in [-0.15, -0.1) is 0 Å². The minimum atomic E-state index is -0.202. The van der Waals surface area contributed by atoms with Crippen molar-refractivity contribution in [2.75, 3.05) is 0 Å². The molecule has 2 rings (SSSR count). The summed E-state index contributed by atoms with van der Waals surface area (Å²) in [6.45, 7) is 12.0. The first kappa shape index (κ1) is 14.1. The summed E-state index contributed by atoms with van der Waals surface area (Å²) in [4.78, 5) is 16.1. The van der Waals surface area contributed by atoms with Crippen LogP contribution in [0, 0.1) is 0 Å². The number of allylic oxidation sites excluding steroid dienone is 1. The Morgan fingerprint density at radius 1 is 1.50 bits per heavy atom. The summed E-state index contributed by atoms with van der Waals surface area (Å²) in [5, 5.41) is 2.85. The van der Waals surface area contributed by atoms with E-state index >= 15 is 0 Å². The molecule has 1 atom stereocenters. The van der Waals surface area contributed by atoms with Crippen LogP contribution in [0.25, 0.3) is 11.0 Å². The van der Waals surface area contributed by atoms with Gasteiger partial charge in [0.05, 0.1) is 17.1 Å². The predicted octanol–water partition coefficient (Wildman–Crippen LogP) is 2.98. The molecule has 2 aromatic rings. The highest BCUT2D eigenvalue weighted by Gasteiger charge is 2.17. The van der Waals surface area contributed by atoms with E-state index in [4.69, 9.17) is 0 Å². The van der Waals surface area contributed by atoms with Gasteiger partial charge in [0.1, 0.15) is 5.82 Å². The predicted molar refractivity (Wildman–Crippen MR) is 81.3 cm³/mol. The molecule has 104 valence electrons. The van der Waals surface area contributed by atoms with Crippen molar-refractivity contribution in [1.82, 2.24) is 14.9 Å². The smallest absolute Gasteiger partial charge is 0.243 e. The summed E-state index contributed by atoms with van der Waals surface area (Å²) in [5.74, 6) is 0.621. The summed E-state index contributed by atoms with van der Waals surface area (Å²) in [5.41, 5.74) is 3.00. The van der Waals surface area contributed by atoms with Gasteiger partial charge in [-0.25, -0.2) is 4.98 Å². The van der Waals surface area contributed by atoms with Gasteiger partial charge in [0.2, 0.25) is 5.91 Å². The topological polar surface area (TPSA) is 46.9 Å². The molecular formula is C16H19N3O. The molecule has 0 saturated heterocycles. The number of imidazole rings is 1. The number of amides is 1. The number of carbonyl (C=O) groups excluding carboxylic acids is 1. The second kappa shape index (κ2) is 5.74. The van der Waals surface area contributed by atoms with Crippen LogP contribution >= 0.6 is 0 Å². The Kier molecular flexibility index (Phi) is 4.03. The fourth-order valence-corrected chi connectivity index (χ4v) is 2.20. The van der Waals surface area contributed by atoms with Crippen LogP contribution in [0.5, 0.6) is 0 Å². The molecule has 4 heteroatoms. The minimum absolute atomic E-state index is 0.188. The molecule has 0 bridgehead atoms. The van der Waals surface area contributed by atoms with Crippen molar-refractivity contribution in [2.45, 2.75) is 26.4 Å². The molecule has 0 fully saturated rings. The van der Waals surface area contributed by atoms with Crippen molar-refractivity contribution in [3.05, 3.63) is 54.9 Å². The number of para-hydroxylation sites is 2. The van der Waals surface area contributed by atoms with E-state index in [1.807, 2.05) is 38.1 Å². The highest BCUT2D eigenvalue weighted by Crippen LogP contribution is 2.21. The van der Waals surface area contributed by atoms with Gasteiger partial charge in [0, 0.05) is 6.54 Å². The van der Waals surface area contributed by atoms with Crippen molar-refractivity contribution in [3.63, 3.8) is 0 Å². The van der Waals surface area contributed by atoms with Crippen molar-refractivity contribution >= 4 is 16.9 Å². The second-order valence-corrected chi connectivity index (χ2v) is 4.94. The van der Waals surface area contributed by atoms with Crippen molar-refractivity contribution in [3.8, 4) is 0 Å². The van der Waals surface area contributed by atoms with Gasteiger partial charge in [-0.1, -0.05) is 30.9 Å². The lowest BCUT2D eigenvalue weighted by molar-refractivity contribution is -0.117. The normalized spacial score (nSPS) is 12.1. The molecular weight excluding hydrogens is 250 g/mol. The summed E-state index contributed by atoms with van der Waals surface area (Å²) in [7, 11) is 0. The molecule has 1 aromatic carbocycles. The van der Waals surface area contributed by atoms with Crippen LogP contribution in [0.3, 0.4) is 0 Å². The van der Waals surface area contributed by atoms with Gasteiger partial charge < -0.3 is 9.88 Å². The van der Waals surface area contributed by atoms with Crippen LogP contribution in [0.1, 0.15) is 25.7 Å². The first-order valence-electron chi connectivity index (χ1n) is 6.55. The monoisotopic (exact) mass is 269 g/mol. The SMILES string of the molecule is C=CC(=O)NC(C)c1nc2ccccc2n1CC(=C)C. The van der Waals surface area contributed by atoms with Crippen LogP contribution in [-0.2, 0) is 11.3 Å². The Morgan fingerprint density at radius 2 is 2.20 bits per heavy atom. The number of rotatable bonds is 5. The van der Waals surface area contributed by atoms with Crippen LogP contribution in [0.15, 0.2) is 49.1 Å². The first-order chi connectivity index (χ1) is 9.52. The van der Waals surface area contributed by atoms with Crippen LogP contribution in [0.2, 0.25) is 0 Å². The third-order valence-electron chi connectivity index (χ3n) is 3.04. The Hall–Kier alpha value is -2.36. The molecule has 0 radical (unpaired) electrons. The van der Waals surface area contributed by atoms with E-state index in [-0.39, 0.29) is 11.9 Å². The summed E-state index contributed by atoms with van der Waals surface area (Å²) < 4.78 is 2.09. The van der Waals surface area contributed by atoms with Crippen molar-refractivity contribution < 1.29 is 4.79 Å². The molecule has 1 amide bonds. The Balaban J connectivity index is 2.47. The maximum atomic E-state index is 11.5. The van der Waals surface area contributed by atoms with Gasteiger partial charge in [0.15, 0.2) is 0 Å². The second-order valence-electron chi connectivity index (χ2n) is 4.94. The zero-order valence-electron chi connectivity index (χ0n) is 11.9. The van der Waals surface area contributed by atoms with E-state index in [9.17, 15) is 4.79 Å². The number of fused-ring (bicyclic) bond motifs is 1. The maximum Gasteiger partial charge on any atom is 0.243 e. The van der Waals surface area contributed by atoms with E-state index in [2.05, 4.69) is 28.0 Å². The van der Waals surface area contributed by atoms with Crippen molar-refractivity contribution in [2.24, 2.45) is 0 Å². The number of hydrogen-bond donors (Lipinski definition) is 1. The molecule has 1 heterocycles. The molecule has 1 N–H and O–H groups in total. The average Bonchev–Trinajstić information content (AvgIpc) is 2.77. The number of nitrogens with zero attached hydrogens (tertiary/aromatic N) is 2. The van der Waals surface area contributed by atoms with Gasteiger partial charge in [0.25, 0.3) is 0 Å². The molecule has 1 unspecified atom stereocenters. The molecule has 1 aromatic heterocycles. The number of benzene rings is 1. The fourth-order valence-electron chi connectivity index (χ4n) is 2.20. The molecule has 0 aliphatic rings. The Bertz CT molecular complexity index is 669. The van der Waals surface area contributed by atoms with E-state index < -0.39 is 0 Å². The molecule has 4 nitrogen and oxygen atoms in total. The number of nitrogens with one attached hydrogen (secondary N) is 1. The van der Waals surface area contributed by atoms with Gasteiger partial charge in [-0.2, -0.15) is 0 Å².